The summed E-state index contributed by atoms with van der Waals surface area (Å²) >= 11 is 1.79. The highest BCUT2D eigenvalue weighted by Gasteiger charge is 2.23. The van der Waals surface area contributed by atoms with Crippen LogP contribution in [0.5, 0.6) is 0 Å². The predicted molar refractivity (Wildman–Crippen MR) is 77.6 cm³/mol. The van der Waals surface area contributed by atoms with Crippen LogP contribution >= 0.6 is 11.8 Å². The fourth-order valence-corrected chi connectivity index (χ4v) is 3.80. The van der Waals surface area contributed by atoms with E-state index in [9.17, 15) is 0 Å². The summed E-state index contributed by atoms with van der Waals surface area (Å²) in [5.74, 6) is 1.63. The molecule has 3 atom stereocenters. The first kappa shape index (κ1) is 13.5. The van der Waals surface area contributed by atoms with Crippen molar-refractivity contribution < 1.29 is 0 Å². The van der Waals surface area contributed by atoms with Gasteiger partial charge in [-0.3, -0.25) is 0 Å². The number of nitrogens with zero attached hydrogens (tertiary/aromatic N) is 1. The molecule has 2 N–H and O–H groups in total. The van der Waals surface area contributed by atoms with Crippen molar-refractivity contribution in [2.75, 3.05) is 5.75 Å². The molecule has 18 heavy (non-hydrogen) atoms. The third-order valence-corrected chi connectivity index (χ3v) is 4.86. The van der Waals surface area contributed by atoms with Gasteiger partial charge in [-0.1, -0.05) is 18.2 Å². The lowest BCUT2D eigenvalue weighted by Gasteiger charge is -2.26. The van der Waals surface area contributed by atoms with Gasteiger partial charge in [0.15, 0.2) is 0 Å². The largest absolute Gasteiger partial charge is 0.324 e. The van der Waals surface area contributed by atoms with Gasteiger partial charge in [0.2, 0.25) is 0 Å². The highest BCUT2D eigenvalue weighted by atomic mass is 32.2. The number of nitriles is 1. The van der Waals surface area contributed by atoms with Crippen LogP contribution < -0.4 is 5.73 Å². The second kappa shape index (κ2) is 5.77. The van der Waals surface area contributed by atoms with Gasteiger partial charge in [-0.2, -0.15) is 5.26 Å². The smallest absolute Gasteiger partial charge is 0.0922 e. The maximum atomic E-state index is 9.04. The standard InChI is InChI=1S/C15H20N2S/c1-10-7-12(3-4-15(10)11(2)17)13-5-6-18-14(8-13)9-16/h3-4,7,11,13-14H,5-6,8,17H2,1-2H3. The Morgan fingerprint density at radius 2 is 2.28 bits per heavy atom. The molecule has 3 unspecified atom stereocenters. The summed E-state index contributed by atoms with van der Waals surface area (Å²) in [5, 5.41) is 9.20. The molecule has 1 aromatic rings. The molecule has 0 aromatic heterocycles. The van der Waals surface area contributed by atoms with Crippen molar-refractivity contribution in [3.8, 4) is 6.07 Å². The highest BCUT2D eigenvalue weighted by Crippen LogP contribution is 2.36. The van der Waals surface area contributed by atoms with Gasteiger partial charge in [-0.05, 0) is 55.1 Å². The molecule has 1 saturated heterocycles. The number of nitrogens with two attached hydrogens (primary N) is 1. The van der Waals surface area contributed by atoms with Gasteiger partial charge in [0, 0.05) is 6.04 Å². The van der Waals surface area contributed by atoms with Crippen LogP contribution in [-0.2, 0) is 0 Å². The minimum absolute atomic E-state index is 0.0906. The van der Waals surface area contributed by atoms with Crippen LogP contribution in [0, 0.1) is 18.3 Å². The van der Waals surface area contributed by atoms with Crippen molar-refractivity contribution in [3.05, 3.63) is 34.9 Å². The van der Waals surface area contributed by atoms with Gasteiger partial charge < -0.3 is 5.73 Å². The topological polar surface area (TPSA) is 49.8 Å². The molecule has 1 aliphatic heterocycles. The van der Waals surface area contributed by atoms with Crippen LogP contribution in [0.2, 0.25) is 0 Å². The maximum Gasteiger partial charge on any atom is 0.0922 e. The van der Waals surface area contributed by atoms with Crippen molar-refractivity contribution >= 4 is 11.8 Å². The summed E-state index contributed by atoms with van der Waals surface area (Å²) in [4.78, 5) is 0. The molecule has 2 rings (SSSR count). The summed E-state index contributed by atoms with van der Waals surface area (Å²) in [6.45, 7) is 4.15. The van der Waals surface area contributed by atoms with Crippen molar-refractivity contribution in [1.82, 2.24) is 0 Å². The number of rotatable bonds is 2. The van der Waals surface area contributed by atoms with Gasteiger partial charge in [0.05, 0.1) is 11.3 Å². The summed E-state index contributed by atoms with van der Waals surface area (Å²) in [6.07, 6.45) is 2.16. The lowest BCUT2D eigenvalue weighted by Crippen LogP contribution is -2.16. The molecule has 1 fully saturated rings. The second-order valence-electron chi connectivity index (χ2n) is 5.11. The Morgan fingerprint density at radius 3 is 2.89 bits per heavy atom. The van der Waals surface area contributed by atoms with Crippen molar-refractivity contribution in [2.24, 2.45) is 5.73 Å². The Bertz CT molecular complexity index is 462. The first-order valence-corrected chi connectivity index (χ1v) is 7.54. The van der Waals surface area contributed by atoms with Crippen LogP contribution in [0.3, 0.4) is 0 Å². The SMILES string of the molecule is Cc1cc(C2CCSC(C#N)C2)ccc1C(C)N. The van der Waals surface area contributed by atoms with Crippen LogP contribution in [0.25, 0.3) is 0 Å². The molecule has 0 radical (unpaired) electrons. The first-order valence-electron chi connectivity index (χ1n) is 6.49. The average molecular weight is 260 g/mol. The van der Waals surface area contributed by atoms with Crippen molar-refractivity contribution in [1.29, 1.82) is 5.26 Å². The zero-order valence-corrected chi connectivity index (χ0v) is 11.8. The molecule has 0 spiro atoms. The molecule has 0 aliphatic carbocycles. The van der Waals surface area contributed by atoms with Gasteiger partial charge >= 0.3 is 0 Å². The number of benzene rings is 1. The number of hydrogen-bond acceptors (Lipinski definition) is 3. The predicted octanol–water partition coefficient (Wildman–Crippen LogP) is 3.52. The van der Waals surface area contributed by atoms with Gasteiger partial charge in [-0.25, -0.2) is 0 Å². The number of aryl methyl sites for hydroxylation is 1. The maximum absolute atomic E-state index is 9.04. The molecule has 0 saturated carbocycles. The molecule has 3 heteroatoms. The highest BCUT2D eigenvalue weighted by molar-refractivity contribution is 8.00. The summed E-state index contributed by atoms with van der Waals surface area (Å²) in [6, 6.07) is 9.09. The van der Waals surface area contributed by atoms with Gasteiger partial charge in [-0.15, -0.1) is 11.8 Å². The lowest BCUT2D eigenvalue weighted by atomic mass is 9.88. The number of thioether (sulfide) groups is 1. The molecular weight excluding hydrogens is 240 g/mol. The van der Waals surface area contributed by atoms with Crippen LogP contribution in [-0.4, -0.2) is 11.0 Å². The van der Waals surface area contributed by atoms with E-state index in [-0.39, 0.29) is 11.3 Å². The Balaban J connectivity index is 2.19. The van der Waals surface area contributed by atoms with Gasteiger partial charge in [0.25, 0.3) is 0 Å². The fourth-order valence-electron chi connectivity index (χ4n) is 2.65. The fraction of sp³-hybridized carbons (Fsp3) is 0.533. The molecule has 1 heterocycles. The monoisotopic (exact) mass is 260 g/mol. The van der Waals surface area contributed by atoms with Crippen molar-refractivity contribution in [3.63, 3.8) is 0 Å². The zero-order valence-electron chi connectivity index (χ0n) is 11.0. The molecule has 2 nitrogen and oxygen atoms in total. The molecule has 0 bridgehead atoms. The Kier molecular flexibility index (Phi) is 4.31. The first-order chi connectivity index (χ1) is 8.61. The summed E-state index contributed by atoms with van der Waals surface area (Å²) in [7, 11) is 0. The summed E-state index contributed by atoms with van der Waals surface area (Å²) < 4.78 is 0. The van der Waals surface area contributed by atoms with Crippen LogP contribution in [0.15, 0.2) is 18.2 Å². The van der Waals surface area contributed by atoms with E-state index in [2.05, 4.69) is 31.2 Å². The summed E-state index contributed by atoms with van der Waals surface area (Å²) in [5.41, 5.74) is 9.81. The Hall–Kier alpha value is -0.980. The van der Waals surface area contributed by atoms with E-state index in [1.54, 1.807) is 11.8 Å². The van der Waals surface area contributed by atoms with E-state index >= 15 is 0 Å². The van der Waals surface area contributed by atoms with E-state index in [0.29, 0.717) is 5.92 Å². The Morgan fingerprint density at radius 1 is 1.50 bits per heavy atom. The molecule has 0 amide bonds. The van der Waals surface area contributed by atoms with Crippen LogP contribution in [0.4, 0.5) is 0 Å². The molecule has 1 aliphatic rings. The minimum atomic E-state index is 0.0906. The van der Waals surface area contributed by atoms with E-state index in [4.69, 9.17) is 11.0 Å². The van der Waals surface area contributed by atoms with E-state index in [1.165, 1.54) is 23.1 Å². The third kappa shape index (κ3) is 2.88. The number of hydrogen-bond donors (Lipinski definition) is 1. The second-order valence-corrected chi connectivity index (χ2v) is 6.43. The minimum Gasteiger partial charge on any atom is -0.324 e. The van der Waals surface area contributed by atoms with E-state index in [0.717, 1.165) is 12.2 Å². The van der Waals surface area contributed by atoms with Crippen molar-refractivity contribution in [2.45, 2.75) is 43.9 Å². The van der Waals surface area contributed by atoms with Crippen LogP contribution in [0.1, 0.15) is 48.4 Å². The average Bonchev–Trinajstić information content (AvgIpc) is 2.38. The molecular formula is C15H20N2S. The van der Waals surface area contributed by atoms with E-state index in [1.807, 2.05) is 6.92 Å². The van der Waals surface area contributed by atoms with Gasteiger partial charge in [0.1, 0.15) is 0 Å². The quantitative estimate of drug-likeness (QED) is 0.885. The zero-order chi connectivity index (χ0) is 13.1. The normalized spacial score (nSPS) is 25.4. The third-order valence-electron chi connectivity index (χ3n) is 3.68. The Labute approximate surface area is 114 Å². The van der Waals surface area contributed by atoms with E-state index < -0.39 is 0 Å². The molecule has 96 valence electrons. The molecule has 1 aromatic carbocycles. The lowest BCUT2D eigenvalue weighted by molar-refractivity contribution is 0.608.